The topological polar surface area (TPSA) is 64.3 Å². The van der Waals surface area contributed by atoms with E-state index < -0.39 is 0 Å². The van der Waals surface area contributed by atoms with Crippen LogP contribution in [-0.2, 0) is 4.74 Å². The minimum absolute atomic E-state index is 0.0401. The monoisotopic (exact) mass is 228 g/mol. The molecule has 0 saturated carbocycles. The summed E-state index contributed by atoms with van der Waals surface area (Å²) in [5, 5.41) is 0.282. The number of nitrogens with zero attached hydrogens (tertiary/aromatic N) is 3. The molecule has 82 valence electrons. The van der Waals surface area contributed by atoms with Gasteiger partial charge in [-0.15, -0.1) is 0 Å². The lowest BCUT2D eigenvalue weighted by Crippen LogP contribution is -2.32. The van der Waals surface area contributed by atoms with Gasteiger partial charge in [-0.25, -0.2) is 9.97 Å². The molecule has 1 unspecified atom stereocenters. The number of halogens is 1. The molecule has 1 fully saturated rings. The fraction of sp³-hybridized carbons (Fsp3) is 0.556. The molecule has 0 aromatic carbocycles. The third-order valence-electron chi connectivity index (χ3n) is 2.49. The van der Waals surface area contributed by atoms with Crippen LogP contribution in [0.4, 0.5) is 11.5 Å². The molecule has 2 N–H and O–H groups in total. The Morgan fingerprint density at radius 3 is 3.07 bits per heavy atom. The maximum atomic E-state index is 5.82. The van der Waals surface area contributed by atoms with E-state index >= 15 is 0 Å². The van der Waals surface area contributed by atoms with Crippen LogP contribution in [0.1, 0.15) is 12.8 Å². The molecule has 0 bridgehead atoms. The van der Waals surface area contributed by atoms with Crippen LogP contribution in [-0.4, -0.2) is 29.9 Å². The van der Waals surface area contributed by atoms with Gasteiger partial charge in [0.1, 0.15) is 18.2 Å². The summed E-state index contributed by atoms with van der Waals surface area (Å²) in [6, 6.07) is 0. The molecule has 5 nitrogen and oxygen atoms in total. The largest absolute Gasteiger partial charge is 0.393 e. The van der Waals surface area contributed by atoms with Gasteiger partial charge in [-0.3, -0.25) is 0 Å². The summed E-state index contributed by atoms with van der Waals surface area (Å²) in [6.07, 6.45) is 3.49. The lowest BCUT2D eigenvalue weighted by Gasteiger charge is -2.25. The van der Waals surface area contributed by atoms with Crippen molar-refractivity contribution in [3.05, 3.63) is 11.5 Å². The Kier molecular flexibility index (Phi) is 2.93. The first-order valence-corrected chi connectivity index (χ1v) is 5.18. The molecule has 2 heterocycles. The minimum atomic E-state index is 0.0401. The van der Waals surface area contributed by atoms with Gasteiger partial charge in [0.2, 0.25) is 0 Å². The Morgan fingerprint density at radius 2 is 2.40 bits per heavy atom. The molecule has 1 saturated heterocycles. The van der Waals surface area contributed by atoms with E-state index in [1.165, 1.54) is 6.33 Å². The van der Waals surface area contributed by atoms with Gasteiger partial charge in [0.05, 0.1) is 0 Å². The predicted octanol–water partition coefficient (Wildman–Crippen LogP) is 1.28. The molecule has 1 aliphatic heterocycles. The second kappa shape index (κ2) is 4.20. The summed E-state index contributed by atoms with van der Waals surface area (Å²) in [7, 11) is 1.89. The summed E-state index contributed by atoms with van der Waals surface area (Å²) in [5.74, 6) is 0.627. The molecule has 1 atom stereocenters. The first-order chi connectivity index (χ1) is 7.20. The second-order valence-corrected chi connectivity index (χ2v) is 3.84. The van der Waals surface area contributed by atoms with Crippen molar-refractivity contribution >= 4 is 23.1 Å². The average Bonchev–Trinajstić information content (AvgIpc) is 2.74. The fourth-order valence-corrected chi connectivity index (χ4v) is 1.78. The van der Waals surface area contributed by atoms with Crippen molar-refractivity contribution < 1.29 is 4.74 Å². The predicted molar refractivity (Wildman–Crippen MR) is 58.8 cm³/mol. The number of anilines is 2. The summed E-state index contributed by atoms with van der Waals surface area (Å²) >= 11 is 5.82. The van der Waals surface area contributed by atoms with Gasteiger partial charge in [0.15, 0.2) is 11.0 Å². The van der Waals surface area contributed by atoms with Crippen molar-refractivity contribution in [3.63, 3.8) is 0 Å². The van der Waals surface area contributed by atoms with E-state index in [4.69, 9.17) is 22.1 Å². The van der Waals surface area contributed by atoms with Crippen LogP contribution >= 0.6 is 11.6 Å². The van der Waals surface area contributed by atoms with Crippen molar-refractivity contribution in [2.24, 2.45) is 0 Å². The summed E-state index contributed by atoms with van der Waals surface area (Å²) in [4.78, 5) is 9.82. The zero-order chi connectivity index (χ0) is 10.8. The second-order valence-electron chi connectivity index (χ2n) is 3.48. The highest BCUT2D eigenvalue weighted by Crippen LogP contribution is 2.28. The molecule has 15 heavy (non-hydrogen) atoms. The first kappa shape index (κ1) is 10.4. The summed E-state index contributed by atoms with van der Waals surface area (Å²) < 4.78 is 5.53. The Morgan fingerprint density at radius 1 is 1.60 bits per heavy atom. The Labute approximate surface area is 93.2 Å². The molecule has 1 aromatic rings. The molecular weight excluding hydrogens is 216 g/mol. The minimum Gasteiger partial charge on any atom is -0.393 e. The highest BCUT2D eigenvalue weighted by atomic mass is 35.5. The van der Waals surface area contributed by atoms with Crippen LogP contribution in [0.15, 0.2) is 6.33 Å². The number of aromatic nitrogens is 2. The highest BCUT2D eigenvalue weighted by Gasteiger charge is 2.23. The van der Waals surface area contributed by atoms with Gasteiger partial charge < -0.3 is 15.4 Å². The molecule has 2 rings (SSSR count). The molecular formula is C9H13ClN4O. The third-order valence-corrected chi connectivity index (χ3v) is 2.79. The van der Waals surface area contributed by atoms with Crippen LogP contribution < -0.4 is 10.6 Å². The Hall–Kier alpha value is -1.07. The third kappa shape index (κ3) is 1.98. The van der Waals surface area contributed by atoms with Gasteiger partial charge in [0, 0.05) is 13.7 Å². The van der Waals surface area contributed by atoms with E-state index in [0.29, 0.717) is 11.5 Å². The maximum absolute atomic E-state index is 5.82. The number of rotatable bonds is 2. The zero-order valence-electron chi connectivity index (χ0n) is 8.48. The van der Waals surface area contributed by atoms with Crippen LogP contribution in [0.25, 0.3) is 0 Å². The maximum Gasteiger partial charge on any atom is 0.158 e. The summed E-state index contributed by atoms with van der Waals surface area (Å²) in [5.41, 5.74) is 6.20. The van der Waals surface area contributed by atoms with Crippen molar-refractivity contribution in [1.82, 2.24) is 9.97 Å². The van der Waals surface area contributed by atoms with Crippen molar-refractivity contribution in [3.8, 4) is 0 Å². The van der Waals surface area contributed by atoms with E-state index in [9.17, 15) is 0 Å². The van der Waals surface area contributed by atoms with Gasteiger partial charge >= 0.3 is 0 Å². The number of hydrogen-bond acceptors (Lipinski definition) is 5. The van der Waals surface area contributed by atoms with Gasteiger partial charge in [-0.05, 0) is 12.8 Å². The van der Waals surface area contributed by atoms with E-state index in [2.05, 4.69) is 9.97 Å². The summed E-state index contributed by atoms with van der Waals surface area (Å²) in [6.45, 7) is 0.785. The smallest absolute Gasteiger partial charge is 0.158 e. The van der Waals surface area contributed by atoms with E-state index in [1.807, 2.05) is 11.9 Å². The van der Waals surface area contributed by atoms with Crippen LogP contribution in [0.3, 0.4) is 0 Å². The lowest BCUT2D eigenvalue weighted by atomic mass is 10.3. The molecule has 0 radical (unpaired) electrons. The fourth-order valence-electron chi connectivity index (χ4n) is 1.65. The standard InChI is InChI=1S/C9H13ClN4O/c1-14(6-3-2-4-15-6)9-7(11)8(10)12-5-13-9/h5-6H,2-4,11H2,1H3. The SMILES string of the molecule is CN(c1ncnc(Cl)c1N)C1CCCO1. The number of nitrogen functional groups attached to an aromatic ring is 1. The van der Waals surface area contributed by atoms with Crippen LogP contribution in [0.2, 0.25) is 5.15 Å². The molecule has 1 aromatic heterocycles. The lowest BCUT2D eigenvalue weighted by molar-refractivity contribution is 0.111. The normalized spacial score (nSPS) is 20.5. The van der Waals surface area contributed by atoms with E-state index in [0.717, 1.165) is 19.4 Å². The zero-order valence-corrected chi connectivity index (χ0v) is 9.24. The van der Waals surface area contributed by atoms with Crippen molar-refractivity contribution in [2.75, 3.05) is 24.3 Å². The van der Waals surface area contributed by atoms with Gasteiger partial charge in [0.25, 0.3) is 0 Å². The van der Waals surface area contributed by atoms with Crippen molar-refractivity contribution in [1.29, 1.82) is 0 Å². The molecule has 0 aliphatic carbocycles. The molecule has 6 heteroatoms. The Bertz CT molecular complexity index is 354. The van der Waals surface area contributed by atoms with Crippen LogP contribution in [0.5, 0.6) is 0 Å². The van der Waals surface area contributed by atoms with Crippen LogP contribution in [0, 0.1) is 0 Å². The Balaban J connectivity index is 2.24. The number of hydrogen-bond donors (Lipinski definition) is 1. The van der Waals surface area contributed by atoms with Gasteiger partial charge in [-0.1, -0.05) is 11.6 Å². The number of ether oxygens (including phenoxy) is 1. The molecule has 1 aliphatic rings. The number of nitrogens with two attached hydrogens (primary N) is 1. The van der Waals surface area contributed by atoms with E-state index in [1.54, 1.807) is 0 Å². The first-order valence-electron chi connectivity index (χ1n) is 4.80. The molecule has 0 spiro atoms. The quantitative estimate of drug-likeness (QED) is 0.773. The average molecular weight is 229 g/mol. The highest BCUT2D eigenvalue weighted by molar-refractivity contribution is 6.32. The molecule has 0 amide bonds. The van der Waals surface area contributed by atoms with Crippen molar-refractivity contribution in [2.45, 2.75) is 19.1 Å². The van der Waals surface area contributed by atoms with Gasteiger partial charge in [-0.2, -0.15) is 0 Å². The van der Waals surface area contributed by atoms with E-state index in [-0.39, 0.29) is 11.4 Å².